The van der Waals surface area contributed by atoms with Crippen molar-refractivity contribution in [3.63, 3.8) is 0 Å². The molecule has 112 valence electrons. The lowest BCUT2D eigenvalue weighted by atomic mass is 9.94. The van der Waals surface area contributed by atoms with Crippen LogP contribution >= 0.6 is 11.6 Å². The highest BCUT2D eigenvalue weighted by atomic mass is 35.5. The van der Waals surface area contributed by atoms with Crippen molar-refractivity contribution in [3.8, 4) is 0 Å². The second kappa shape index (κ2) is 11.8. The van der Waals surface area contributed by atoms with Crippen LogP contribution in [0.4, 0.5) is 0 Å². The third-order valence-corrected chi connectivity index (χ3v) is 4.59. The highest BCUT2D eigenvalue weighted by Crippen LogP contribution is 2.25. The van der Waals surface area contributed by atoms with Crippen LogP contribution in [0.2, 0.25) is 0 Å². The average Bonchev–Trinajstić information content (AvgIpc) is 2.41. The minimum Gasteiger partial charge on any atom is -0.118 e. The van der Waals surface area contributed by atoms with Crippen LogP contribution < -0.4 is 0 Å². The standard InChI is InChI=1S/C18H33Cl/c1-2-3-4-5-6-7-8-9-10-11-13-17-14-12-15-18(19)16-17/h16,18H,2-15H2,1H3. The topological polar surface area (TPSA) is 0 Å². The van der Waals surface area contributed by atoms with E-state index < -0.39 is 0 Å². The van der Waals surface area contributed by atoms with E-state index in [1.807, 2.05) is 0 Å². The molecule has 19 heavy (non-hydrogen) atoms. The second-order valence-electron chi connectivity index (χ2n) is 6.17. The first kappa shape index (κ1) is 17.1. The first-order valence-electron chi connectivity index (χ1n) is 8.66. The van der Waals surface area contributed by atoms with Crippen LogP contribution in [0.5, 0.6) is 0 Å². The van der Waals surface area contributed by atoms with Crippen molar-refractivity contribution in [2.45, 2.75) is 102 Å². The van der Waals surface area contributed by atoms with Crippen LogP contribution in [-0.4, -0.2) is 5.38 Å². The third kappa shape index (κ3) is 9.55. The largest absolute Gasteiger partial charge is 0.118 e. The Morgan fingerprint density at radius 1 is 0.947 bits per heavy atom. The average molecular weight is 285 g/mol. The first-order chi connectivity index (χ1) is 9.33. The van der Waals surface area contributed by atoms with Crippen molar-refractivity contribution >= 4 is 11.6 Å². The molecule has 0 aliphatic heterocycles. The lowest BCUT2D eigenvalue weighted by molar-refractivity contribution is 0.552. The number of unbranched alkanes of at least 4 members (excludes halogenated alkanes) is 9. The molecule has 0 fully saturated rings. The van der Waals surface area contributed by atoms with Crippen molar-refractivity contribution in [1.29, 1.82) is 0 Å². The van der Waals surface area contributed by atoms with E-state index in [0.29, 0.717) is 5.38 Å². The number of allylic oxidation sites excluding steroid dienone is 2. The van der Waals surface area contributed by atoms with E-state index >= 15 is 0 Å². The van der Waals surface area contributed by atoms with Gasteiger partial charge in [0.1, 0.15) is 0 Å². The van der Waals surface area contributed by atoms with Crippen LogP contribution in [0.15, 0.2) is 11.6 Å². The SMILES string of the molecule is CCCCCCCCCCCCC1=CC(Cl)CCC1. The Labute approximate surface area is 126 Å². The van der Waals surface area contributed by atoms with Gasteiger partial charge < -0.3 is 0 Å². The summed E-state index contributed by atoms with van der Waals surface area (Å²) < 4.78 is 0. The molecule has 1 heteroatoms. The Kier molecular flexibility index (Phi) is 10.6. The number of alkyl halides is 1. The zero-order valence-corrected chi connectivity index (χ0v) is 13.7. The molecule has 1 unspecified atom stereocenters. The van der Waals surface area contributed by atoms with Gasteiger partial charge in [-0.25, -0.2) is 0 Å². The van der Waals surface area contributed by atoms with E-state index in [0.717, 1.165) is 0 Å². The van der Waals surface area contributed by atoms with Crippen LogP contribution in [0.25, 0.3) is 0 Å². The lowest BCUT2D eigenvalue weighted by Crippen LogP contribution is -2.03. The van der Waals surface area contributed by atoms with Crippen molar-refractivity contribution in [2.75, 3.05) is 0 Å². The fourth-order valence-corrected chi connectivity index (χ4v) is 3.33. The molecule has 0 aromatic carbocycles. The van der Waals surface area contributed by atoms with E-state index in [1.54, 1.807) is 5.57 Å². The normalized spacial score (nSPS) is 19.5. The number of halogens is 1. The van der Waals surface area contributed by atoms with Gasteiger partial charge in [0.25, 0.3) is 0 Å². The summed E-state index contributed by atoms with van der Waals surface area (Å²) >= 11 is 6.17. The molecule has 1 aliphatic carbocycles. The summed E-state index contributed by atoms with van der Waals surface area (Å²) in [4.78, 5) is 0. The van der Waals surface area contributed by atoms with E-state index in [9.17, 15) is 0 Å². The quantitative estimate of drug-likeness (QED) is 0.217. The van der Waals surface area contributed by atoms with Gasteiger partial charge >= 0.3 is 0 Å². The number of rotatable bonds is 11. The Balaban J connectivity index is 1.83. The molecule has 0 saturated heterocycles. The molecular weight excluding hydrogens is 252 g/mol. The van der Waals surface area contributed by atoms with Gasteiger partial charge in [-0.3, -0.25) is 0 Å². The van der Waals surface area contributed by atoms with Gasteiger partial charge in [0, 0.05) is 0 Å². The van der Waals surface area contributed by atoms with Crippen molar-refractivity contribution in [1.82, 2.24) is 0 Å². The van der Waals surface area contributed by atoms with E-state index in [-0.39, 0.29) is 0 Å². The predicted molar refractivity (Wildman–Crippen MR) is 88.0 cm³/mol. The Hall–Kier alpha value is 0.0300. The molecule has 0 amide bonds. The molecule has 1 rings (SSSR count). The van der Waals surface area contributed by atoms with Crippen molar-refractivity contribution in [3.05, 3.63) is 11.6 Å². The van der Waals surface area contributed by atoms with E-state index in [4.69, 9.17) is 11.6 Å². The highest BCUT2D eigenvalue weighted by Gasteiger charge is 2.10. The molecule has 0 heterocycles. The molecule has 0 aromatic rings. The predicted octanol–water partition coefficient (Wildman–Crippen LogP) is 7.02. The second-order valence-corrected chi connectivity index (χ2v) is 6.73. The Bertz CT molecular complexity index is 232. The molecule has 0 N–H and O–H groups in total. The zero-order valence-electron chi connectivity index (χ0n) is 12.9. The monoisotopic (exact) mass is 284 g/mol. The molecule has 1 aliphatic rings. The molecule has 0 bridgehead atoms. The summed E-state index contributed by atoms with van der Waals surface area (Å²) in [5.41, 5.74) is 1.63. The zero-order chi connectivity index (χ0) is 13.8. The summed E-state index contributed by atoms with van der Waals surface area (Å²) in [6.07, 6.45) is 21.7. The fraction of sp³-hybridized carbons (Fsp3) is 0.889. The van der Waals surface area contributed by atoms with Gasteiger partial charge in [0.05, 0.1) is 5.38 Å². The smallest absolute Gasteiger partial charge is 0.0518 e. The summed E-state index contributed by atoms with van der Waals surface area (Å²) in [5.74, 6) is 0. The minimum absolute atomic E-state index is 0.326. The fourth-order valence-electron chi connectivity index (χ4n) is 2.99. The molecule has 0 spiro atoms. The van der Waals surface area contributed by atoms with Gasteiger partial charge in [-0.15, -0.1) is 11.6 Å². The van der Waals surface area contributed by atoms with Crippen molar-refractivity contribution in [2.24, 2.45) is 0 Å². The summed E-state index contributed by atoms with van der Waals surface area (Å²) in [5, 5.41) is 0.326. The maximum Gasteiger partial charge on any atom is 0.0518 e. The van der Waals surface area contributed by atoms with Gasteiger partial charge in [0.15, 0.2) is 0 Å². The van der Waals surface area contributed by atoms with Gasteiger partial charge in [-0.05, 0) is 32.1 Å². The summed E-state index contributed by atoms with van der Waals surface area (Å²) in [6, 6.07) is 0. The van der Waals surface area contributed by atoms with E-state index in [1.165, 1.54) is 89.9 Å². The highest BCUT2D eigenvalue weighted by molar-refractivity contribution is 6.21. The van der Waals surface area contributed by atoms with Crippen LogP contribution in [0.3, 0.4) is 0 Å². The molecule has 0 saturated carbocycles. The molecule has 0 aromatic heterocycles. The maximum atomic E-state index is 6.17. The van der Waals surface area contributed by atoms with E-state index in [2.05, 4.69) is 13.0 Å². The first-order valence-corrected chi connectivity index (χ1v) is 9.10. The third-order valence-electron chi connectivity index (χ3n) is 4.25. The number of hydrogen-bond acceptors (Lipinski definition) is 0. The van der Waals surface area contributed by atoms with Crippen LogP contribution in [0.1, 0.15) is 96.8 Å². The number of hydrogen-bond donors (Lipinski definition) is 0. The Morgan fingerprint density at radius 3 is 2.11 bits per heavy atom. The Morgan fingerprint density at radius 2 is 1.53 bits per heavy atom. The van der Waals surface area contributed by atoms with Crippen LogP contribution in [-0.2, 0) is 0 Å². The van der Waals surface area contributed by atoms with Crippen LogP contribution in [0, 0.1) is 0 Å². The maximum absolute atomic E-state index is 6.17. The van der Waals surface area contributed by atoms with Crippen molar-refractivity contribution < 1.29 is 0 Å². The van der Waals surface area contributed by atoms with Gasteiger partial charge in [0.2, 0.25) is 0 Å². The summed E-state index contributed by atoms with van der Waals surface area (Å²) in [7, 11) is 0. The minimum atomic E-state index is 0.326. The lowest BCUT2D eigenvalue weighted by Gasteiger charge is -2.16. The molecule has 0 nitrogen and oxygen atoms in total. The summed E-state index contributed by atoms with van der Waals surface area (Å²) in [6.45, 7) is 2.29. The van der Waals surface area contributed by atoms with Gasteiger partial charge in [-0.2, -0.15) is 0 Å². The van der Waals surface area contributed by atoms with Gasteiger partial charge in [-0.1, -0.05) is 76.4 Å². The molecule has 0 radical (unpaired) electrons. The molecular formula is C18H33Cl. The molecule has 1 atom stereocenters.